The first-order chi connectivity index (χ1) is 25.8. The summed E-state index contributed by atoms with van der Waals surface area (Å²) in [6.45, 7) is 1.90. The van der Waals surface area contributed by atoms with Crippen molar-refractivity contribution in [1.29, 1.82) is 0 Å². The molecule has 0 saturated heterocycles. The maximum atomic E-state index is 14.1. The summed E-state index contributed by atoms with van der Waals surface area (Å²) >= 11 is 0. The van der Waals surface area contributed by atoms with Gasteiger partial charge in [0.1, 0.15) is 24.7 Å². The Morgan fingerprint density at radius 3 is 2.09 bits per heavy atom. The minimum Gasteiger partial charge on any atom is -0.492 e. The third kappa shape index (κ3) is 9.17. The quantitative estimate of drug-likeness (QED) is 0.101. The van der Waals surface area contributed by atoms with Gasteiger partial charge in [-0.15, -0.1) is 0 Å². The molecule has 1 aliphatic carbocycles. The van der Waals surface area contributed by atoms with Crippen LogP contribution >= 0.6 is 0 Å². The molecule has 0 amide bonds. The topological polar surface area (TPSA) is 91.9 Å². The molecule has 8 nitrogen and oxygen atoms in total. The number of benzene rings is 5. The normalized spacial score (nSPS) is 12.8. The van der Waals surface area contributed by atoms with Crippen molar-refractivity contribution in [2.75, 3.05) is 30.3 Å². The molecule has 272 valence electrons. The minimum absolute atomic E-state index is 0.0907. The zero-order valence-electron chi connectivity index (χ0n) is 30.0. The molecular weight excluding hydrogens is 683 g/mol. The lowest BCUT2D eigenvalue weighted by molar-refractivity contribution is 0.0912. The third-order valence-electron chi connectivity index (χ3n) is 9.72. The van der Waals surface area contributed by atoms with Crippen molar-refractivity contribution in [3.8, 4) is 11.5 Å². The highest BCUT2D eigenvalue weighted by molar-refractivity contribution is 7.92. The van der Waals surface area contributed by atoms with Crippen molar-refractivity contribution < 1.29 is 22.7 Å². The second kappa shape index (κ2) is 16.5. The van der Waals surface area contributed by atoms with Gasteiger partial charge in [0.2, 0.25) is 10.0 Å². The number of hydrogen-bond donors (Lipinski definition) is 1. The molecule has 0 atom stereocenters. The molecule has 0 spiro atoms. The lowest BCUT2D eigenvalue weighted by atomic mass is 9.96. The Balaban J connectivity index is 1.12. The number of aromatic nitrogens is 1. The summed E-state index contributed by atoms with van der Waals surface area (Å²) in [5, 5.41) is 1.28. The number of carbonyl (C=O) groups excluding carboxylic acids is 1. The van der Waals surface area contributed by atoms with Gasteiger partial charge in [-0.3, -0.25) is 14.0 Å². The fraction of sp³-hybridized carbons (Fsp3) is 0.250. The molecule has 9 heteroatoms. The summed E-state index contributed by atoms with van der Waals surface area (Å²) in [6, 6.07) is 40.5. The summed E-state index contributed by atoms with van der Waals surface area (Å²) in [4.78, 5) is 19.8. The van der Waals surface area contributed by atoms with Crippen molar-refractivity contribution in [3.63, 3.8) is 0 Å². The first-order valence-corrected chi connectivity index (χ1v) is 20.0. The summed E-state index contributed by atoms with van der Waals surface area (Å²) < 4.78 is 40.5. The summed E-state index contributed by atoms with van der Waals surface area (Å²) in [7, 11) is -3.77. The van der Waals surface area contributed by atoms with Crippen LogP contribution in [0.3, 0.4) is 0 Å². The van der Waals surface area contributed by atoms with Gasteiger partial charge in [-0.25, -0.2) is 8.42 Å². The highest BCUT2D eigenvalue weighted by atomic mass is 32.2. The Kier molecular flexibility index (Phi) is 11.2. The van der Waals surface area contributed by atoms with Crippen LogP contribution in [0.5, 0.6) is 11.5 Å². The molecule has 53 heavy (non-hydrogen) atoms. The van der Waals surface area contributed by atoms with Gasteiger partial charge in [0.05, 0.1) is 25.0 Å². The Hall–Kier alpha value is -5.38. The van der Waals surface area contributed by atoms with Crippen LogP contribution in [0.25, 0.3) is 10.9 Å². The van der Waals surface area contributed by atoms with E-state index in [1.54, 1.807) is 18.2 Å². The largest absolute Gasteiger partial charge is 0.492 e. The van der Waals surface area contributed by atoms with E-state index in [4.69, 9.17) is 9.47 Å². The van der Waals surface area contributed by atoms with E-state index in [9.17, 15) is 13.2 Å². The molecule has 5 aromatic carbocycles. The minimum atomic E-state index is -3.77. The van der Waals surface area contributed by atoms with Crippen LogP contribution < -0.4 is 13.8 Å². The lowest BCUT2D eigenvalue weighted by Gasteiger charge is -2.26. The number of carbonyl (C=O) groups is 1. The number of ketones is 1. The maximum Gasteiger partial charge on any atom is 0.232 e. The zero-order valence-corrected chi connectivity index (χ0v) is 30.9. The molecular formula is C44H45N3O5S. The van der Waals surface area contributed by atoms with Gasteiger partial charge in [-0.2, -0.15) is 0 Å². The molecule has 0 saturated carbocycles. The first-order valence-electron chi connectivity index (χ1n) is 18.2. The van der Waals surface area contributed by atoms with Crippen LogP contribution in [-0.4, -0.2) is 50.0 Å². The summed E-state index contributed by atoms with van der Waals surface area (Å²) in [5.74, 6) is 1.03. The summed E-state index contributed by atoms with van der Waals surface area (Å²) in [6.07, 6.45) is 5.82. The van der Waals surface area contributed by atoms with Crippen molar-refractivity contribution in [2.24, 2.45) is 0 Å². The molecule has 1 N–H and O–H groups in total. The maximum absolute atomic E-state index is 14.1. The van der Waals surface area contributed by atoms with E-state index in [1.165, 1.54) is 40.0 Å². The molecule has 7 rings (SSSR count). The average molecular weight is 728 g/mol. The Bertz CT molecular complexity index is 2260. The van der Waals surface area contributed by atoms with Crippen molar-refractivity contribution in [2.45, 2.75) is 45.4 Å². The summed E-state index contributed by atoms with van der Waals surface area (Å²) in [5.41, 5.74) is 7.43. The monoisotopic (exact) mass is 727 g/mol. The molecule has 0 radical (unpaired) electrons. The molecule has 6 aromatic rings. The highest BCUT2D eigenvalue weighted by Gasteiger charge is 2.25. The molecule has 0 unspecified atom stereocenters. The van der Waals surface area contributed by atoms with E-state index in [2.05, 4.69) is 22.0 Å². The fourth-order valence-electron chi connectivity index (χ4n) is 7.00. The Labute approximate surface area is 312 Å². The van der Waals surface area contributed by atoms with E-state index in [0.29, 0.717) is 36.7 Å². The van der Waals surface area contributed by atoms with Gasteiger partial charge in [0.25, 0.3) is 0 Å². The number of ether oxygens (including phenoxy) is 2. The van der Waals surface area contributed by atoms with E-state index < -0.39 is 10.0 Å². The predicted molar refractivity (Wildman–Crippen MR) is 211 cm³/mol. The average Bonchev–Trinajstić information content (AvgIpc) is 3.55. The number of fused-ring (bicyclic) bond motifs is 3. The Morgan fingerprint density at radius 2 is 1.40 bits per heavy atom. The van der Waals surface area contributed by atoms with Gasteiger partial charge in [-0.1, -0.05) is 91.0 Å². The second-order valence-electron chi connectivity index (χ2n) is 13.7. The predicted octanol–water partition coefficient (Wildman–Crippen LogP) is 8.36. The number of hydrogen-bond acceptors (Lipinski definition) is 6. The standard InChI is InChI=1S/C44H45N3O5S/c1-53(49,50)47(30-34-15-7-3-8-16-34)42-27-36(21-24-44(42)52-32-35-17-9-4-10-18-35)43(48)31-46(29-33-13-5-2-6-14-33)25-26-51-37-22-23-39-38-19-11-12-20-40(38)45-41(39)28-37/h2-10,13-18,21-24,27-28,45H,11-12,19-20,25-26,29-32H2,1H3. The molecule has 0 fully saturated rings. The Morgan fingerprint density at radius 1 is 0.736 bits per heavy atom. The van der Waals surface area contributed by atoms with E-state index >= 15 is 0 Å². The van der Waals surface area contributed by atoms with Gasteiger partial charge in [0.15, 0.2) is 5.78 Å². The van der Waals surface area contributed by atoms with Gasteiger partial charge in [0, 0.05) is 41.3 Å². The number of anilines is 1. The third-order valence-corrected chi connectivity index (χ3v) is 10.8. The fourth-order valence-corrected chi connectivity index (χ4v) is 7.88. The van der Waals surface area contributed by atoms with Crippen molar-refractivity contribution >= 4 is 32.4 Å². The number of H-pyrrole nitrogens is 1. The second-order valence-corrected chi connectivity index (χ2v) is 15.6. The van der Waals surface area contributed by atoms with Crippen LogP contribution in [-0.2, 0) is 42.6 Å². The number of Topliss-reactive ketones (excluding diaryl/α,β-unsaturated/α-hetero) is 1. The van der Waals surface area contributed by atoms with Crippen LogP contribution in [0.4, 0.5) is 5.69 Å². The van der Waals surface area contributed by atoms with Gasteiger partial charge >= 0.3 is 0 Å². The van der Waals surface area contributed by atoms with Crippen molar-refractivity contribution in [3.05, 3.63) is 161 Å². The van der Waals surface area contributed by atoms with Crippen LogP contribution in [0.1, 0.15) is 51.1 Å². The van der Waals surface area contributed by atoms with E-state index in [-0.39, 0.29) is 25.5 Å². The highest BCUT2D eigenvalue weighted by Crippen LogP contribution is 2.34. The van der Waals surface area contributed by atoms with Crippen LogP contribution in [0.2, 0.25) is 0 Å². The molecule has 1 aliphatic rings. The number of sulfonamides is 1. The van der Waals surface area contributed by atoms with E-state index in [0.717, 1.165) is 40.8 Å². The van der Waals surface area contributed by atoms with Crippen LogP contribution in [0, 0.1) is 0 Å². The van der Waals surface area contributed by atoms with Gasteiger partial charge in [-0.05, 0) is 78.3 Å². The van der Waals surface area contributed by atoms with Gasteiger partial charge < -0.3 is 14.5 Å². The number of rotatable bonds is 16. The zero-order chi connectivity index (χ0) is 36.6. The number of nitrogens with one attached hydrogen (secondary N) is 1. The number of aromatic amines is 1. The van der Waals surface area contributed by atoms with Crippen molar-refractivity contribution in [1.82, 2.24) is 9.88 Å². The molecule has 1 aromatic heterocycles. The molecule has 0 bridgehead atoms. The molecule has 0 aliphatic heterocycles. The first kappa shape index (κ1) is 36.0. The lowest BCUT2D eigenvalue weighted by Crippen LogP contribution is -2.33. The number of nitrogens with zero attached hydrogens (tertiary/aromatic N) is 2. The SMILES string of the molecule is CS(=O)(=O)N(Cc1ccccc1)c1cc(C(=O)CN(CCOc2ccc3c4c([nH]c3c2)CCCC4)Cc2ccccc2)ccc1OCc1ccccc1. The number of aryl methyl sites for hydroxylation is 2. The smallest absolute Gasteiger partial charge is 0.232 e. The molecule has 1 heterocycles. The van der Waals surface area contributed by atoms with E-state index in [1.807, 2.05) is 97.1 Å². The van der Waals surface area contributed by atoms with Crippen LogP contribution in [0.15, 0.2) is 127 Å².